The summed E-state index contributed by atoms with van der Waals surface area (Å²) in [7, 11) is 0. The van der Waals surface area contributed by atoms with E-state index in [1.165, 1.54) is 0 Å². The molecule has 0 fully saturated rings. The van der Waals surface area contributed by atoms with Crippen LogP contribution in [-0.4, -0.2) is 11.5 Å². The minimum absolute atomic E-state index is 0.532. The largest absolute Gasteiger partial charge is 0.451 e. The van der Waals surface area contributed by atoms with Crippen LogP contribution in [0.2, 0.25) is 0 Å². The van der Waals surface area contributed by atoms with Gasteiger partial charge in [0, 0.05) is 11.9 Å². The van der Waals surface area contributed by atoms with Gasteiger partial charge in [0.05, 0.1) is 5.69 Å². The average Bonchev–Trinajstić information content (AvgIpc) is 3.04. The van der Waals surface area contributed by atoms with Crippen molar-refractivity contribution in [3.8, 4) is 11.7 Å². The molecule has 4 heteroatoms. The van der Waals surface area contributed by atoms with Gasteiger partial charge in [-0.1, -0.05) is 25.1 Å². The summed E-state index contributed by atoms with van der Waals surface area (Å²) in [5, 5.41) is 4.35. The summed E-state index contributed by atoms with van der Waals surface area (Å²) >= 11 is 0. The Morgan fingerprint density at radius 3 is 3.00 bits per heavy atom. The Morgan fingerprint density at radius 2 is 2.16 bits per heavy atom. The zero-order valence-corrected chi connectivity index (χ0v) is 10.8. The average molecular weight is 256 g/mol. The number of nitrogens with one attached hydrogen (secondary N) is 1. The van der Waals surface area contributed by atoms with Gasteiger partial charge in [0.25, 0.3) is 5.89 Å². The van der Waals surface area contributed by atoms with Gasteiger partial charge < -0.3 is 14.2 Å². The molecule has 98 valence electrons. The molecule has 0 aliphatic rings. The molecule has 1 N–H and O–H groups in total. The van der Waals surface area contributed by atoms with Crippen LogP contribution in [0.25, 0.3) is 22.6 Å². The summed E-state index contributed by atoms with van der Waals surface area (Å²) in [6.07, 6.45) is 2.78. The predicted molar refractivity (Wildman–Crippen MR) is 73.7 cm³/mol. The summed E-state index contributed by atoms with van der Waals surface area (Å²) < 4.78 is 11.2. The fraction of sp³-hybridized carbons (Fsp3) is 0.267. The predicted octanol–water partition coefficient (Wildman–Crippen LogP) is 3.59. The lowest BCUT2D eigenvalue weighted by Crippen LogP contribution is -2.13. The van der Waals surface area contributed by atoms with E-state index in [4.69, 9.17) is 8.83 Å². The number of nitrogens with zero attached hydrogens (tertiary/aromatic N) is 1. The molecule has 0 radical (unpaired) electrons. The lowest BCUT2D eigenvalue weighted by atomic mass is 10.2. The smallest absolute Gasteiger partial charge is 0.263 e. The Balaban J connectivity index is 1.81. The van der Waals surface area contributed by atoms with Crippen LogP contribution >= 0.6 is 0 Å². The third-order valence-corrected chi connectivity index (χ3v) is 2.92. The van der Waals surface area contributed by atoms with E-state index in [9.17, 15) is 0 Å². The molecule has 1 aromatic carbocycles. The maximum absolute atomic E-state index is 5.72. The van der Waals surface area contributed by atoms with Crippen LogP contribution in [0.3, 0.4) is 0 Å². The highest BCUT2D eigenvalue weighted by Crippen LogP contribution is 2.26. The molecular formula is C15H16N2O2. The van der Waals surface area contributed by atoms with Gasteiger partial charge in [-0.15, -0.1) is 0 Å². The van der Waals surface area contributed by atoms with Gasteiger partial charge in [0.2, 0.25) is 0 Å². The maximum atomic E-state index is 5.72. The van der Waals surface area contributed by atoms with Gasteiger partial charge in [-0.25, -0.2) is 4.98 Å². The lowest BCUT2D eigenvalue weighted by molar-refractivity contribution is 0.532. The molecule has 0 bridgehead atoms. The number of benzene rings is 1. The minimum Gasteiger partial charge on any atom is -0.451 e. The lowest BCUT2D eigenvalue weighted by Gasteiger charge is -1.96. The monoisotopic (exact) mass is 256 g/mol. The van der Waals surface area contributed by atoms with E-state index in [0.717, 1.165) is 36.2 Å². The van der Waals surface area contributed by atoms with Crippen molar-refractivity contribution >= 4 is 11.0 Å². The topological polar surface area (TPSA) is 51.2 Å². The third-order valence-electron chi connectivity index (χ3n) is 2.92. The van der Waals surface area contributed by atoms with Gasteiger partial charge in [-0.3, -0.25) is 0 Å². The van der Waals surface area contributed by atoms with Gasteiger partial charge in [-0.2, -0.15) is 0 Å². The van der Waals surface area contributed by atoms with E-state index in [0.29, 0.717) is 11.7 Å². The summed E-state index contributed by atoms with van der Waals surface area (Å²) in [5.41, 5.74) is 1.74. The first kappa shape index (κ1) is 12.0. The van der Waals surface area contributed by atoms with Crippen LogP contribution in [0, 0.1) is 0 Å². The van der Waals surface area contributed by atoms with Gasteiger partial charge in [0.1, 0.15) is 11.8 Å². The fourth-order valence-corrected chi connectivity index (χ4v) is 1.98. The summed E-state index contributed by atoms with van der Waals surface area (Å²) in [4.78, 5) is 4.42. The van der Waals surface area contributed by atoms with Crippen LogP contribution in [0.15, 0.2) is 45.4 Å². The second-order valence-corrected chi connectivity index (χ2v) is 4.47. The quantitative estimate of drug-likeness (QED) is 0.709. The third kappa shape index (κ3) is 2.53. The van der Waals surface area contributed by atoms with Gasteiger partial charge in [0.15, 0.2) is 5.76 Å². The Labute approximate surface area is 111 Å². The molecule has 19 heavy (non-hydrogen) atoms. The van der Waals surface area contributed by atoms with Crippen molar-refractivity contribution in [2.75, 3.05) is 6.54 Å². The zero-order valence-electron chi connectivity index (χ0n) is 10.8. The van der Waals surface area contributed by atoms with E-state index in [-0.39, 0.29) is 0 Å². The van der Waals surface area contributed by atoms with Gasteiger partial charge >= 0.3 is 0 Å². The fourth-order valence-electron chi connectivity index (χ4n) is 1.98. The SMILES string of the molecule is CCCNCc1coc(-c2cc3ccccc3o2)n1. The van der Waals surface area contributed by atoms with E-state index >= 15 is 0 Å². The number of rotatable bonds is 5. The van der Waals surface area contributed by atoms with Crippen molar-refractivity contribution < 1.29 is 8.83 Å². The Kier molecular flexibility index (Phi) is 3.33. The number of hydrogen-bond acceptors (Lipinski definition) is 4. The molecule has 0 amide bonds. The first-order valence-corrected chi connectivity index (χ1v) is 6.51. The van der Waals surface area contributed by atoms with Crippen molar-refractivity contribution in [3.05, 3.63) is 42.3 Å². The Hall–Kier alpha value is -2.07. The molecule has 0 unspecified atom stereocenters. The van der Waals surface area contributed by atoms with E-state index < -0.39 is 0 Å². The Bertz CT molecular complexity index is 636. The standard InChI is InChI=1S/C15H16N2O2/c1-2-7-16-9-12-10-18-15(17-12)14-8-11-5-3-4-6-13(11)19-14/h3-6,8,10,16H,2,7,9H2,1H3. The number of para-hydroxylation sites is 1. The highest BCUT2D eigenvalue weighted by Gasteiger charge is 2.11. The van der Waals surface area contributed by atoms with Crippen LogP contribution in [0.4, 0.5) is 0 Å². The van der Waals surface area contributed by atoms with Crippen LogP contribution in [0.5, 0.6) is 0 Å². The van der Waals surface area contributed by atoms with Crippen molar-refractivity contribution in [2.24, 2.45) is 0 Å². The molecule has 4 nitrogen and oxygen atoms in total. The number of hydrogen-bond donors (Lipinski definition) is 1. The van der Waals surface area contributed by atoms with E-state index in [1.54, 1.807) is 6.26 Å². The Morgan fingerprint density at radius 1 is 1.26 bits per heavy atom. The van der Waals surface area contributed by atoms with E-state index in [1.807, 2.05) is 30.3 Å². The van der Waals surface area contributed by atoms with Crippen LogP contribution < -0.4 is 5.32 Å². The van der Waals surface area contributed by atoms with Crippen LogP contribution in [0.1, 0.15) is 19.0 Å². The van der Waals surface area contributed by atoms with Crippen molar-refractivity contribution in [2.45, 2.75) is 19.9 Å². The van der Waals surface area contributed by atoms with Crippen molar-refractivity contribution in [1.29, 1.82) is 0 Å². The molecule has 0 aliphatic heterocycles. The highest BCUT2D eigenvalue weighted by molar-refractivity contribution is 5.81. The molecule has 0 aliphatic carbocycles. The molecule has 0 atom stereocenters. The maximum Gasteiger partial charge on any atom is 0.263 e. The molecule has 2 aromatic heterocycles. The van der Waals surface area contributed by atoms with Crippen molar-refractivity contribution in [1.82, 2.24) is 10.3 Å². The zero-order chi connectivity index (χ0) is 13.1. The highest BCUT2D eigenvalue weighted by atomic mass is 16.4. The molecule has 2 heterocycles. The second-order valence-electron chi connectivity index (χ2n) is 4.47. The molecule has 0 spiro atoms. The summed E-state index contributed by atoms with van der Waals surface area (Å²) in [5.74, 6) is 1.20. The number of furan rings is 1. The number of aromatic nitrogens is 1. The van der Waals surface area contributed by atoms with Crippen LogP contribution in [-0.2, 0) is 6.54 Å². The molecule has 3 aromatic rings. The number of fused-ring (bicyclic) bond motifs is 1. The molecule has 0 saturated carbocycles. The first-order valence-electron chi connectivity index (χ1n) is 6.51. The minimum atomic E-state index is 0.532. The molecule has 0 saturated heterocycles. The molecular weight excluding hydrogens is 240 g/mol. The summed E-state index contributed by atoms with van der Waals surface area (Å²) in [6, 6.07) is 9.83. The first-order chi connectivity index (χ1) is 9.36. The summed E-state index contributed by atoms with van der Waals surface area (Å²) in [6.45, 7) is 3.83. The number of oxazole rings is 1. The second kappa shape index (κ2) is 5.28. The van der Waals surface area contributed by atoms with E-state index in [2.05, 4.69) is 17.2 Å². The normalized spacial score (nSPS) is 11.2. The van der Waals surface area contributed by atoms with Crippen molar-refractivity contribution in [3.63, 3.8) is 0 Å². The van der Waals surface area contributed by atoms with Gasteiger partial charge in [-0.05, 0) is 25.1 Å². The molecule has 3 rings (SSSR count).